The molecule has 4 rings (SSSR count). The summed E-state index contributed by atoms with van der Waals surface area (Å²) >= 11 is 0. The van der Waals surface area contributed by atoms with E-state index in [4.69, 9.17) is 15.7 Å². The van der Waals surface area contributed by atoms with Gasteiger partial charge in [-0.15, -0.1) is 0 Å². The van der Waals surface area contributed by atoms with Gasteiger partial charge in [-0.05, 0) is 55.6 Å². The number of aryl methyl sites for hydroxylation is 1. The van der Waals surface area contributed by atoms with E-state index in [0.717, 1.165) is 41.8 Å². The van der Waals surface area contributed by atoms with Gasteiger partial charge in [-0.1, -0.05) is 18.2 Å². The fourth-order valence-electron chi connectivity index (χ4n) is 3.46. The Morgan fingerprint density at radius 1 is 1.20 bits per heavy atom. The van der Waals surface area contributed by atoms with Crippen LogP contribution in [-0.4, -0.2) is 34.7 Å². The van der Waals surface area contributed by atoms with Gasteiger partial charge in [-0.3, -0.25) is 0 Å². The molecule has 1 atom stereocenters. The highest BCUT2D eigenvalue weighted by Gasteiger charge is 2.25. The fraction of sp³-hybridized carbons (Fsp3) is 0.300. The molecule has 25 heavy (non-hydrogen) atoms. The van der Waals surface area contributed by atoms with Crippen LogP contribution in [0.3, 0.4) is 0 Å². The standard InChI is InChI=1S/C20H22N4O/c1-13-6-7-15-17(10-13)22-19(16-4-2-3-5-18(16)25)23-20(15)24-9-8-14(11-21)12-24/h2-7,10,14,25H,8-9,11-12,21H2,1H3. The molecule has 2 heterocycles. The van der Waals surface area contributed by atoms with E-state index in [1.807, 2.05) is 12.1 Å². The van der Waals surface area contributed by atoms with Crippen molar-refractivity contribution >= 4 is 16.7 Å². The van der Waals surface area contributed by atoms with Gasteiger partial charge >= 0.3 is 0 Å². The first-order valence-electron chi connectivity index (χ1n) is 8.67. The molecule has 0 spiro atoms. The largest absolute Gasteiger partial charge is 0.507 e. The lowest BCUT2D eigenvalue weighted by atomic mass is 10.1. The maximum atomic E-state index is 10.2. The van der Waals surface area contributed by atoms with Crippen molar-refractivity contribution in [3.05, 3.63) is 48.0 Å². The van der Waals surface area contributed by atoms with Crippen LogP contribution in [0.2, 0.25) is 0 Å². The summed E-state index contributed by atoms with van der Waals surface area (Å²) in [5, 5.41) is 11.3. The summed E-state index contributed by atoms with van der Waals surface area (Å²) < 4.78 is 0. The van der Waals surface area contributed by atoms with E-state index in [-0.39, 0.29) is 5.75 Å². The first-order valence-corrected chi connectivity index (χ1v) is 8.67. The zero-order valence-electron chi connectivity index (χ0n) is 14.3. The van der Waals surface area contributed by atoms with Gasteiger partial charge in [0.1, 0.15) is 11.6 Å². The molecule has 1 aliphatic heterocycles. The molecule has 0 aliphatic carbocycles. The number of nitrogens with zero attached hydrogens (tertiary/aromatic N) is 3. The van der Waals surface area contributed by atoms with Crippen molar-refractivity contribution < 1.29 is 5.11 Å². The summed E-state index contributed by atoms with van der Waals surface area (Å²) in [6.07, 6.45) is 1.08. The number of hydrogen-bond acceptors (Lipinski definition) is 5. The molecular weight excluding hydrogens is 312 g/mol. The Morgan fingerprint density at radius 3 is 2.80 bits per heavy atom. The lowest BCUT2D eigenvalue weighted by Gasteiger charge is -2.20. The number of aromatic nitrogens is 2. The average molecular weight is 334 g/mol. The maximum Gasteiger partial charge on any atom is 0.165 e. The van der Waals surface area contributed by atoms with E-state index in [2.05, 4.69) is 30.0 Å². The first kappa shape index (κ1) is 15.8. The normalized spacial score (nSPS) is 17.4. The van der Waals surface area contributed by atoms with Crippen LogP contribution in [0.4, 0.5) is 5.82 Å². The number of phenolic OH excluding ortho intramolecular Hbond substituents is 1. The summed E-state index contributed by atoms with van der Waals surface area (Å²) in [5.74, 6) is 2.19. The summed E-state index contributed by atoms with van der Waals surface area (Å²) in [5.41, 5.74) is 8.57. The number of nitrogens with two attached hydrogens (primary N) is 1. The van der Waals surface area contributed by atoms with Crippen LogP contribution < -0.4 is 10.6 Å². The molecule has 2 aromatic carbocycles. The Morgan fingerprint density at radius 2 is 2.04 bits per heavy atom. The second kappa shape index (κ2) is 6.33. The third-order valence-electron chi connectivity index (χ3n) is 4.90. The molecule has 1 fully saturated rings. The van der Waals surface area contributed by atoms with Crippen molar-refractivity contribution in [3.8, 4) is 17.1 Å². The third-order valence-corrected chi connectivity index (χ3v) is 4.90. The average Bonchev–Trinajstić information content (AvgIpc) is 3.10. The Hall–Kier alpha value is -2.66. The molecule has 1 unspecified atom stereocenters. The number of aromatic hydroxyl groups is 1. The number of rotatable bonds is 3. The van der Waals surface area contributed by atoms with Gasteiger partial charge in [0.25, 0.3) is 0 Å². The van der Waals surface area contributed by atoms with Gasteiger partial charge in [-0.2, -0.15) is 0 Å². The smallest absolute Gasteiger partial charge is 0.165 e. The Kier molecular flexibility index (Phi) is 4.01. The quantitative estimate of drug-likeness (QED) is 0.770. The summed E-state index contributed by atoms with van der Waals surface area (Å²) in [6.45, 7) is 4.62. The van der Waals surface area contributed by atoms with Crippen molar-refractivity contribution in [2.45, 2.75) is 13.3 Å². The Labute approximate surface area is 147 Å². The lowest BCUT2D eigenvalue weighted by molar-refractivity contribution is 0.477. The van der Waals surface area contributed by atoms with E-state index in [1.165, 1.54) is 0 Å². The van der Waals surface area contributed by atoms with Gasteiger partial charge in [0, 0.05) is 18.5 Å². The molecular formula is C20H22N4O. The van der Waals surface area contributed by atoms with E-state index in [9.17, 15) is 5.11 Å². The molecule has 128 valence electrons. The van der Waals surface area contributed by atoms with Crippen LogP contribution in [0.15, 0.2) is 42.5 Å². The molecule has 5 nitrogen and oxygen atoms in total. The number of para-hydroxylation sites is 1. The Balaban J connectivity index is 1.90. The minimum atomic E-state index is 0.196. The van der Waals surface area contributed by atoms with Gasteiger partial charge in [0.2, 0.25) is 0 Å². The number of benzene rings is 2. The summed E-state index contributed by atoms with van der Waals surface area (Å²) in [7, 11) is 0. The highest BCUT2D eigenvalue weighted by atomic mass is 16.3. The fourth-order valence-corrected chi connectivity index (χ4v) is 3.46. The highest BCUT2D eigenvalue weighted by molar-refractivity contribution is 5.92. The zero-order chi connectivity index (χ0) is 17.4. The number of hydrogen-bond donors (Lipinski definition) is 2. The van der Waals surface area contributed by atoms with Crippen LogP contribution in [0.5, 0.6) is 5.75 Å². The summed E-state index contributed by atoms with van der Waals surface area (Å²) in [6, 6.07) is 13.5. The maximum absolute atomic E-state index is 10.2. The SMILES string of the molecule is Cc1ccc2c(N3CCC(CN)C3)nc(-c3ccccc3O)nc2c1. The molecule has 0 bridgehead atoms. The monoisotopic (exact) mass is 334 g/mol. The highest BCUT2D eigenvalue weighted by Crippen LogP contribution is 2.33. The van der Waals surface area contributed by atoms with Crippen molar-refractivity contribution in [1.29, 1.82) is 0 Å². The molecule has 1 saturated heterocycles. The second-order valence-electron chi connectivity index (χ2n) is 6.74. The molecule has 0 saturated carbocycles. The van der Waals surface area contributed by atoms with Crippen LogP contribution in [0.25, 0.3) is 22.3 Å². The topological polar surface area (TPSA) is 75.3 Å². The van der Waals surface area contributed by atoms with Crippen molar-refractivity contribution in [3.63, 3.8) is 0 Å². The third kappa shape index (κ3) is 2.91. The number of anilines is 1. The van der Waals surface area contributed by atoms with Gasteiger partial charge in [0.15, 0.2) is 5.82 Å². The lowest BCUT2D eigenvalue weighted by Crippen LogP contribution is -2.24. The van der Waals surface area contributed by atoms with Crippen LogP contribution in [0.1, 0.15) is 12.0 Å². The molecule has 1 aliphatic rings. The van der Waals surface area contributed by atoms with E-state index >= 15 is 0 Å². The van der Waals surface area contributed by atoms with E-state index in [0.29, 0.717) is 23.9 Å². The Bertz CT molecular complexity index is 925. The van der Waals surface area contributed by atoms with Crippen molar-refractivity contribution in [2.24, 2.45) is 11.7 Å². The van der Waals surface area contributed by atoms with E-state index in [1.54, 1.807) is 12.1 Å². The molecule has 3 aromatic rings. The van der Waals surface area contributed by atoms with Crippen molar-refractivity contribution in [1.82, 2.24) is 9.97 Å². The number of phenols is 1. The zero-order valence-corrected chi connectivity index (χ0v) is 14.3. The molecule has 1 aromatic heterocycles. The number of fused-ring (bicyclic) bond motifs is 1. The summed E-state index contributed by atoms with van der Waals surface area (Å²) in [4.78, 5) is 11.8. The van der Waals surface area contributed by atoms with E-state index < -0.39 is 0 Å². The minimum absolute atomic E-state index is 0.196. The second-order valence-corrected chi connectivity index (χ2v) is 6.74. The van der Waals surface area contributed by atoms with Gasteiger partial charge in [0.05, 0.1) is 11.1 Å². The van der Waals surface area contributed by atoms with Gasteiger partial charge < -0.3 is 15.7 Å². The first-order chi connectivity index (χ1) is 12.2. The molecule has 0 amide bonds. The predicted molar refractivity (Wildman–Crippen MR) is 101 cm³/mol. The predicted octanol–water partition coefficient (Wildman–Crippen LogP) is 3.10. The van der Waals surface area contributed by atoms with Crippen LogP contribution >= 0.6 is 0 Å². The van der Waals surface area contributed by atoms with Gasteiger partial charge in [-0.25, -0.2) is 9.97 Å². The van der Waals surface area contributed by atoms with Crippen LogP contribution in [0, 0.1) is 12.8 Å². The molecule has 0 radical (unpaired) electrons. The minimum Gasteiger partial charge on any atom is -0.507 e. The molecule has 3 N–H and O–H groups in total. The van der Waals surface area contributed by atoms with Crippen molar-refractivity contribution in [2.75, 3.05) is 24.5 Å². The molecule has 5 heteroatoms. The van der Waals surface area contributed by atoms with Crippen LogP contribution in [-0.2, 0) is 0 Å².